The van der Waals surface area contributed by atoms with Crippen LogP contribution in [0.15, 0.2) is 18.2 Å². The van der Waals surface area contributed by atoms with E-state index in [1.807, 2.05) is 0 Å². The van der Waals surface area contributed by atoms with E-state index in [0.29, 0.717) is 25.0 Å². The Morgan fingerprint density at radius 1 is 1.44 bits per heavy atom. The molecule has 0 radical (unpaired) electrons. The second-order valence-corrected chi connectivity index (χ2v) is 4.93. The molecule has 5 heteroatoms. The zero-order valence-corrected chi connectivity index (χ0v) is 11.3. The maximum atomic E-state index is 13.1. The van der Waals surface area contributed by atoms with E-state index in [1.54, 1.807) is 6.07 Å². The average molecular weight is 275 g/mol. The largest absolute Gasteiger partial charge is 0.508 e. The third-order valence-electron chi connectivity index (χ3n) is 3.45. The molecule has 0 saturated carbocycles. The Balaban J connectivity index is 0.00000162. The second-order valence-electron chi connectivity index (χ2n) is 4.93. The van der Waals surface area contributed by atoms with Gasteiger partial charge in [0.1, 0.15) is 11.6 Å². The summed E-state index contributed by atoms with van der Waals surface area (Å²) in [5, 5.41) is 9.35. The van der Waals surface area contributed by atoms with Crippen molar-refractivity contribution >= 4 is 12.4 Å². The number of phenolic OH excluding ortho intramolecular Hbond substituents is 1. The molecule has 0 aromatic heterocycles. The Labute approximate surface area is 113 Å². The molecule has 1 aromatic carbocycles. The van der Waals surface area contributed by atoms with Crippen molar-refractivity contribution in [1.82, 2.24) is 4.90 Å². The van der Waals surface area contributed by atoms with E-state index in [2.05, 4.69) is 11.8 Å². The van der Waals surface area contributed by atoms with E-state index >= 15 is 0 Å². The van der Waals surface area contributed by atoms with Gasteiger partial charge in [-0.2, -0.15) is 0 Å². The number of nitrogens with two attached hydrogens (primary N) is 1. The van der Waals surface area contributed by atoms with Crippen molar-refractivity contribution in [3.63, 3.8) is 0 Å². The van der Waals surface area contributed by atoms with Crippen LogP contribution in [0.3, 0.4) is 0 Å². The lowest BCUT2D eigenvalue weighted by molar-refractivity contribution is 0.255. The average Bonchev–Trinajstić information content (AvgIpc) is 2.58. The molecule has 2 unspecified atom stereocenters. The minimum absolute atomic E-state index is 0. The lowest BCUT2D eigenvalue weighted by Crippen LogP contribution is -2.27. The van der Waals surface area contributed by atoms with Crippen molar-refractivity contribution in [2.45, 2.75) is 25.9 Å². The molecule has 102 valence electrons. The summed E-state index contributed by atoms with van der Waals surface area (Å²) in [6.07, 6.45) is 1.10. The molecule has 18 heavy (non-hydrogen) atoms. The highest BCUT2D eigenvalue weighted by molar-refractivity contribution is 5.85. The van der Waals surface area contributed by atoms with Gasteiger partial charge in [0.2, 0.25) is 0 Å². The van der Waals surface area contributed by atoms with Gasteiger partial charge in [-0.1, -0.05) is 0 Å². The van der Waals surface area contributed by atoms with E-state index in [1.165, 1.54) is 6.07 Å². The van der Waals surface area contributed by atoms with Gasteiger partial charge in [-0.3, -0.25) is 4.90 Å². The van der Waals surface area contributed by atoms with Crippen LogP contribution in [0.1, 0.15) is 18.9 Å². The molecule has 0 bridgehead atoms. The Kier molecular flexibility index (Phi) is 5.38. The number of nitrogens with zero attached hydrogens (tertiary/aromatic N) is 1. The maximum absolute atomic E-state index is 13.1. The summed E-state index contributed by atoms with van der Waals surface area (Å²) < 4.78 is 13.1. The molecule has 1 fully saturated rings. The minimum atomic E-state index is -0.387. The first-order valence-electron chi connectivity index (χ1n) is 6.01. The van der Waals surface area contributed by atoms with E-state index in [4.69, 9.17) is 5.73 Å². The van der Waals surface area contributed by atoms with Crippen LogP contribution in [0.25, 0.3) is 0 Å². The van der Waals surface area contributed by atoms with Crippen molar-refractivity contribution in [3.8, 4) is 5.75 Å². The molecule has 2 atom stereocenters. The van der Waals surface area contributed by atoms with Gasteiger partial charge in [0.25, 0.3) is 0 Å². The SMILES string of the molecule is CC1CC(CN)CN1Cc1cc(O)cc(F)c1.Cl. The Morgan fingerprint density at radius 2 is 2.17 bits per heavy atom. The van der Waals surface area contributed by atoms with Crippen LogP contribution in [0.2, 0.25) is 0 Å². The fourth-order valence-corrected chi connectivity index (χ4v) is 2.57. The number of hydrogen-bond acceptors (Lipinski definition) is 3. The topological polar surface area (TPSA) is 49.5 Å². The molecular formula is C13H20ClFN2O. The molecule has 0 spiro atoms. The van der Waals surface area contributed by atoms with Gasteiger partial charge in [-0.05, 0) is 43.5 Å². The van der Waals surface area contributed by atoms with Crippen molar-refractivity contribution in [3.05, 3.63) is 29.6 Å². The molecule has 1 aliphatic heterocycles. The molecule has 0 amide bonds. The number of halogens is 2. The van der Waals surface area contributed by atoms with Gasteiger partial charge in [0, 0.05) is 25.2 Å². The van der Waals surface area contributed by atoms with Crippen LogP contribution < -0.4 is 5.73 Å². The normalized spacial score (nSPS) is 23.9. The summed E-state index contributed by atoms with van der Waals surface area (Å²) >= 11 is 0. The Hall–Kier alpha value is -0.840. The predicted molar refractivity (Wildman–Crippen MR) is 72.3 cm³/mol. The summed E-state index contributed by atoms with van der Waals surface area (Å²) in [5.74, 6) is 0.136. The zero-order chi connectivity index (χ0) is 12.4. The van der Waals surface area contributed by atoms with Gasteiger partial charge in [-0.25, -0.2) is 4.39 Å². The van der Waals surface area contributed by atoms with E-state index in [9.17, 15) is 9.50 Å². The highest BCUT2D eigenvalue weighted by Crippen LogP contribution is 2.25. The summed E-state index contributed by atoms with van der Waals surface area (Å²) in [4.78, 5) is 2.28. The number of likely N-dealkylation sites (tertiary alicyclic amines) is 1. The standard InChI is InChI=1S/C13H19FN2O.ClH/c1-9-2-11(6-15)8-16(9)7-10-3-12(14)5-13(17)4-10;/h3-5,9,11,17H,2,6-8,15H2,1H3;1H. The smallest absolute Gasteiger partial charge is 0.127 e. The number of benzene rings is 1. The molecule has 0 aliphatic carbocycles. The number of hydrogen-bond donors (Lipinski definition) is 2. The van der Waals surface area contributed by atoms with Crippen LogP contribution in [0, 0.1) is 11.7 Å². The van der Waals surface area contributed by atoms with Gasteiger partial charge in [-0.15, -0.1) is 12.4 Å². The number of aromatic hydroxyl groups is 1. The minimum Gasteiger partial charge on any atom is -0.508 e. The molecule has 1 aromatic rings. The van der Waals surface area contributed by atoms with Gasteiger partial charge in [0.05, 0.1) is 0 Å². The summed E-state index contributed by atoms with van der Waals surface area (Å²) in [5.41, 5.74) is 6.49. The summed E-state index contributed by atoms with van der Waals surface area (Å²) in [6.45, 7) is 4.49. The van der Waals surface area contributed by atoms with Crippen LogP contribution in [0.5, 0.6) is 5.75 Å². The zero-order valence-electron chi connectivity index (χ0n) is 10.5. The third-order valence-corrected chi connectivity index (χ3v) is 3.45. The van der Waals surface area contributed by atoms with Crippen LogP contribution >= 0.6 is 12.4 Å². The number of phenols is 1. The predicted octanol–water partition coefficient (Wildman–Crippen LogP) is 2.12. The molecule has 1 aliphatic rings. The fourth-order valence-electron chi connectivity index (χ4n) is 2.57. The van der Waals surface area contributed by atoms with Crippen molar-refractivity contribution in [1.29, 1.82) is 0 Å². The van der Waals surface area contributed by atoms with E-state index in [0.717, 1.165) is 24.6 Å². The van der Waals surface area contributed by atoms with Crippen molar-refractivity contribution in [2.24, 2.45) is 11.7 Å². The summed E-state index contributed by atoms with van der Waals surface area (Å²) in [6, 6.07) is 4.68. The molecule has 3 N–H and O–H groups in total. The van der Waals surface area contributed by atoms with Crippen LogP contribution in [0.4, 0.5) is 4.39 Å². The van der Waals surface area contributed by atoms with E-state index < -0.39 is 0 Å². The first-order valence-corrected chi connectivity index (χ1v) is 6.01. The maximum Gasteiger partial charge on any atom is 0.127 e. The summed E-state index contributed by atoms with van der Waals surface area (Å²) in [7, 11) is 0. The highest BCUT2D eigenvalue weighted by Gasteiger charge is 2.27. The first kappa shape index (κ1) is 15.2. The van der Waals surface area contributed by atoms with Crippen LogP contribution in [-0.2, 0) is 6.54 Å². The lowest BCUT2D eigenvalue weighted by Gasteiger charge is -2.21. The molecule has 3 nitrogen and oxygen atoms in total. The van der Waals surface area contributed by atoms with Gasteiger partial charge in [0.15, 0.2) is 0 Å². The number of rotatable bonds is 3. The Bertz CT molecular complexity index is 382. The van der Waals surface area contributed by atoms with Gasteiger partial charge >= 0.3 is 0 Å². The Morgan fingerprint density at radius 3 is 2.72 bits per heavy atom. The lowest BCUT2D eigenvalue weighted by atomic mass is 10.1. The third kappa shape index (κ3) is 3.57. The van der Waals surface area contributed by atoms with Crippen molar-refractivity contribution in [2.75, 3.05) is 13.1 Å². The molecule has 2 rings (SSSR count). The monoisotopic (exact) mass is 274 g/mol. The van der Waals surface area contributed by atoms with Crippen molar-refractivity contribution < 1.29 is 9.50 Å². The quantitative estimate of drug-likeness (QED) is 0.888. The second kappa shape index (κ2) is 6.36. The fraction of sp³-hybridized carbons (Fsp3) is 0.538. The van der Waals surface area contributed by atoms with Gasteiger partial charge < -0.3 is 10.8 Å². The highest BCUT2D eigenvalue weighted by atomic mass is 35.5. The molecular weight excluding hydrogens is 255 g/mol. The van der Waals surface area contributed by atoms with Crippen LogP contribution in [-0.4, -0.2) is 29.1 Å². The van der Waals surface area contributed by atoms with E-state index in [-0.39, 0.29) is 24.0 Å². The molecule has 1 heterocycles. The molecule has 1 saturated heterocycles. The first-order chi connectivity index (χ1) is 8.08.